The summed E-state index contributed by atoms with van der Waals surface area (Å²) in [6, 6.07) is 10.3. The number of anilines is 1. The normalized spacial score (nSPS) is 15.2. The maximum absolute atomic E-state index is 4.61. The van der Waals surface area contributed by atoms with E-state index in [0.717, 1.165) is 67.9 Å². The first kappa shape index (κ1) is 18.6. The molecular formula is C21H27N7. The van der Waals surface area contributed by atoms with Gasteiger partial charge in [0.15, 0.2) is 5.82 Å². The Bertz CT molecular complexity index is 941. The Morgan fingerprint density at radius 2 is 1.68 bits per heavy atom. The summed E-state index contributed by atoms with van der Waals surface area (Å²) in [4.78, 5) is 18.3. The van der Waals surface area contributed by atoms with Crippen molar-refractivity contribution in [1.29, 1.82) is 0 Å². The molecule has 146 valence electrons. The maximum Gasteiger partial charge on any atom is 0.159 e. The molecule has 3 aromatic rings. The van der Waals surface area contributed by atoms with E-state index in [1.54, 1.807) is 6.33 Å². The Balaban J connectivity index is 1.36. The van der Waals surface area contributed by atoms with Gasteiger partial charge in [0.1, 0.15) is 12.1 Å². The lowest BCUT2D eigenvalue weighted by Crippen LogP contribution is -2.47. The topological polar surface area (TPSA) is 63.0 Å². The first-order valence-electron chi connectivity index (χ1n) is 9.84. The fourth-order valence-electron chi connectivity index (χ4n) is 3.70. The van der Waals surface area contributed by atoms with Gasteiger partial charge < -0.3 is 4.90 Å². The molecule has 4 heterocycles. The summed E-state index contributed by atoms with van der Waals surface area (Å²) in [6.07, 6.45) is 2.63. The van der Waals surface area contributed by atoms with Crippen molar-refractivity contribution in [1.82, 2.24) is 29.6 Å². The first-order valence-corrected chi connectivity index (χ1v) is 9.84. The number of pyridine rings is 1. The summed E-state index contributed by atoms with van der Waals surface area (Å²) in [5.41, 5.74) is 4.34. The van der Waals surface area contributed by atoms with Crippen molar-refractivity contribution >= 4 is 5.82 Å². The van der Waals surface area contributed by atoms with Crippen LogP contribution < -0.4 is 4.90 Å². The van der Waals surface area contributed by atoms with Crippen LogP contribution in [0.25, 0.3) is 5.82 Å². The van der Waals surface area contributed by atoms with Gasteiger partial charge in [-0.15, -0.1) is 0 Å². The zero-order chi connectivity index (χ0) is 19.5. The van der Waals surface area contributed by atoms with E-state index < -0.39 is 0 Å². The second kappa shape index (κ2) is 8.06. The van der Waals surface area contributed by atoms with Crippen LogP contribution in [0.1, 0.15) is 22.8 Å². The maximum atomic E-state index is 4.61. The predicted octanol–water partition coefficient (Wildman–Crippen LogP) is 2.35. The van der Waals surface area contributed by atoms with Gasteiger partial charge in [0.2, 0.25) is 0 Å². The molecule has 3 aromatic heterocycles. The van der Waals surface area contributed by atoms with E-state index in [1.807, 2.05) is 37.6 Å². The fraction of sp³-hybridized carbons (Fsp3) is 0.429. The molecule has 28 heavy (non-hydrogen) atoms. The molecule has 0 saturated carbocycles. The molecule has 0 spiro atoms. The van der Waals surface area contributed by atoms with Crippen LogP contribution in [0, 0.1) is 20.8 Å². The van der Waals surface area contributed by atoms with Gasteiger partial charge in [0, 0.05) is 62.3 Å². The van der Waals surface area contributed by atoms with Gasteiger partial charge in [-0.2, -0.15) is 5.10 Å². The molecule has 0 atom stereocenters. The Labute approximate surface area is 166 Å². The molecule has 7 heteroatoms. The Morgan fingerprint density at radius 3 is 2.39 bits per heavy atom. The monoisotopic (exact) mass is 377 g/mol. The molecule has 1 aliphatic heterocycles. The molecule has 0 aromatic carbocycles. The van der Waals surface area contributed by atoms with Gasteiger partial charge in [-0.25, -0.2) is 14.6 Å². The number of piperazine rings is 1. The zero-order valence-electron chi connectivity index (χ0n) is 16.8. The minimum atomic E-state index is 0.823. The minimum Gasteiger partial charge on any atom is -0.354 e. The molecule has 0 N–H and O–H groups in total. The molecule has 0 radical (unpaired) electrons. The van der Waals surface area contributed by atoms with Crippen molar-refractivity contribution < 1.29 is 0 Å². The van der Waals surface area contributed by atoms with Gasteiger partial charge in [-0.3, -0.25) is 9.88 Å². The van der Waals surface area contributed by atoms with E-state index >= 15 is 0 Å². The highest BCUT2D eigenvalue weighted by Gasteiger charge is 2.19. The number of aryl methyl sites for hydroxylation is 3. The third-order valence-electron chi connectivity index (χ3n) is 5.19. The smallest absolute Gasteiger partial charge is 0.159 e. The molecule has 4 rings (SSSR count). The minimum absolute atomic E-state index is 0.823. The van der Waals surface area contributed by atoms with Crippen LogP contribution in [0.4, 0.5) is 5.82 Å². The van der Waals surface area contributed by atoms with Crippen LogP contribution in [0.15, 0.2) is 36.7 Å². The van der Waals surface area contributed by atoms with Crippen molar-refractivity contribution in [2.24, 2.45) is 0 Å². The second-order valence-electron chi connectivity index (χ2n) is 7.42. The Kier molecular flexibility index (Phi) is 5.34. The van der Waals surface area contributed by atoms with Crippen LogP contribution in [-0.2, 0) is 6.42 Å². The molecule has 0 unspecified atom stereocenters. The van der Waals surface area contributed by atoms with Crippen molar-refractivity contribution in [2.75, 3.05) is 37.6 Å². The van der Waals surface area contributed by atoms with Gasteiger partial charge in [-0.05, 0) is 39.0 Å². The third kappa shape index (κ3) is 4.20. The molecule has 7 nitrogen and oxygen atoms in total. The van der Waals surface area contributed by atoms with Crippen LogP contribution in [-0.4, -0.2) is 62.4 Å². The highest BCUT2D eigenvalue weighted by atomic mass is 15.3. The van der Waals surface area contributed by atoms with Gasteiger partial charge in [0.05, 0.1) is 5.69 Å². The molecule has 0 bridgehead atoms. The van der Waals surface area contributed by atoms with E-state index in [4.69, 9.17) is 0 Å². The van der Waals surface area contributed by atoms with Gasteiger partial charge in [-0.1, -0.05) is 6.07 Å². The Hall–Kier alpha value is -2.80. The summed E-state index contributed by atoms with van der Waals surface area (Å²) >= 11 is 0. The van der Waals surface area contributed by atoms with Crippen molar-refractivity contribution in [3.05, 3.63) is 59.4 Å². The standard InChI is InChI=1S/C21H27N7/c1-16-5-4-6-19(24-16)7-8-26-9-11-27(12-10-26)20-14-21(23-15-22-20)28-18(3)13-17(2)25-28/h4-6,13-15H,7-12H2,1-3H3. The van der Waals surface area contributed by atoms with Crippen LogP contribution in [0.3, 0.4) is 0 Å². The van der Waals surface area contributed by atoms with E-state index in [-0.39, 0.29) is 0 Å². The molecule has 1 saturated heterocycles. The van der Waals surface area contributed by atoms with E-state index in [0.29, 0.717) is 0 Å². The number of aromatic nitrogens is 5. The van der Waals surface area contributed by atoms with Crippen LogP contribution in [0.2, 0.25) is 0 Å². The first-order chi connectivity index (χ1) is 13.6. The molecule has 1 fully saturated rings. The van der Waals surface area contributed by atoms with Crippen molar-refractivity contribution in [3.63, 3.8) is 0 Å². The average molecular weight is 377 g/mol. The quantitative estimate of drug-likeness (QED) is 0.680. The van der Waals surface area contributed by atoms with E-state index in [2.05, 4.69) is 48.0 Å². The second-order valence-corrected chi connectivity index (χ2v) is 7.42. The number of hydrogen-bond acceptors (Lipinski definition) is 6. The average Bonchev–Trinajstić information content (AvgIpc) is 3.05. The SMILES string of the molecule is Cc1cccc(CCN2CCN(c3cc(-n4nc(C)cc4C)ncn3)CC2)n1. The third-order valence-corrected chi connectivity index (χ3v) is 5.19. The van der Waals surface area contributed by atoms with Crippen LogP contribution in [0.5, 0.6) is 0 Å². The van der Waals surface area contributed by atoms with E-state index in [9.17, 15) is 0 Å². The lowest BCUT2D eigenvalue weighted by atomic mass is 10.2. The lowest BCUT2D eigenvalue weighted by molar-refractivity contribution is 0.259. The van der Waals surface area contributed by atoms with E-state index in [1.165, 1.54) is 5.69 Å². The van der Waals surface area contributed by atoms with Gasteiger partial charge in [0.25, 0.3) is 0 Å². The number of hydrogen-bond donors (Lipinski definition) is 0. The number of nitrogens with zero attached hydrogens (tertiary/aromatic N) is 7. The molecular weight excluding hydrogens is 350 g/mol. The van der Waals surface area contributed by atoms with Crippen LogP contribution >= 0.6 is 0 Å². The fourth-order valence-corrected chi connectivity index (χ4v) is 3.70. The van der Waals surface area contributed by atoms with Crippen molar-refractivity contribution in [3.8, 4) is 5.82 Å². The highest BCUT2D eigenvalue weighted by molar-refractivity contribution is 5.44. The summed E-state index contributed by atoms with van der Waals surface area (Å²) in [6.45, 7) is 11.1. The molecule has 0 amide bonds. The molecule has 0 aliphatic carbocycles. The molecule has 1 aliphatic rings. The predicted molar refractivity (Wildman–Crippen MR) is 110 cm³/mol. The largest absolute Gasteiger partial charge is 0.354 e. The lowest BCUT2D eigenvalue weighted by Gasteiger charge is -2.35. The summed E-state index contributed by atoms with van der Waals surface area (Å²) in [5.74, 6) is 1.79. The Morgan fingerprint density at radius 1 is 0.893 bits per heavy atom. The summed E-state index contributed by atoms with van der Waals surface area (Å²) < 4.78 is 1.88. The number of rotatable bonds is 5. The summed E-state index contributed by atoms with van der Waals surface area (Å²) in [5, 5.41) is 4.53. The van der Waals surface area contributed by atoms with Crippen molar-refractivity contribution in [2.45, 2.75) is 27.2 Å². The zero-order valence-corrected chi connectivity index (χ0v) is 16.8. The summed E-state index contributed by atoms with van der Waals surface area (Å²) in [7, 11) is 0. The van der Waals surface area contributed by atoms with Gasteiger partial charge >= 0.3 is 0 Å². The highest BCUT2D eigenvalue weighted by Crippen LogP contribution is 2.17.